The lowest BCUT2D eigenvalue weighted by atomic mass is 9.93. The molecule has 3 N–H and O–H groups in total. The van der Waals surface area contributed by atoms with Crippen molar-refractivity contribution in [3.63, 3.8) is 0 Å². The summed E-state index contributed by atoms with van der Waals surface area (Å²) in [5, 5.41) is 17.4. The second-order valence-corrected chi connectivity index (χ2v) is 7.71. The van der Waals surface area contributed by atoms with Gasteiger partial charge < -0.3 is 25.2 Å². The number of hydrogen-bond donors (Lipinski definition) is 2. The van der Waals surface area contributed by atoms with E-state index in [0.717, 1.165) is 36.3 Å². The summed E-state index contributed by atoms with van der Waals surface area (Å²) in [6.45, 7) is 2.51. The summed E-state index contributed by atoms with van der Waals surface area (Å²) in [4.78, 5) is 20.2. The highest BCUT2D eigenvalue weighted by molar-refractivity contribution is 7.22. The van der Waals surface area contributed by atoms with E-state index >= 15 is 0 Å². The molecule has 0 spiro atoms. The van der Waals surface area contributed by atoms with Crippen LogP contribution in [0.1, 0.15) is 30.7 Å². The molecule has 2 saturated heterocycles. The largest absolute Gasteiger partial charge is 0.479 e. The van der Waals surface area contributed by atoms with Crippen molar-refractivity contribution in [3.8, 4) is 11.9 Å². The molecule has 0 unspecified atom stereocenters. The van der Waals surface area contributed by atoms with Gasteiger partial charge in [-0.15, -0.1) is 0 Å². The Bertz CT molecular complexity index is 875. The number of nitrogen functional groups attached to an aromatic ring is 1. The quantitative estimate of drug-likeness (QED) is 0.778. The second-order valence-electron chi connectivity index (χ2n) is 6.68. The van der Waals surface area contributed by atoms with E-state index in [2.05, 4.69) is 9.97 Å². The van der Waals surface area contributed by atoms with Crippen molar-refractivity contribution in [2.24, 2.45) is 5.92 Å². The van der Waals surface area contributed by atoms with E-state index in [0.29, 0.717) is 36.4 Å². The third-order valence-corrected chi connectivity index (χ3v) is 5.86. The first-order chi connectivity index (χ1) is 13.5. The van der Waals surface area contributed by atoms with Crippen molar-refractivity contribution in [1.82, 2.24) is 14.9 Å². The Morgan fingerprint density at radius 2 is 2.21 bits per heavy atom. The molecule has 1 atom stereocenters. The minimum Gasteiger partial charge on any atom is -0.479 e. The first-order valence-corrected chi connectivity index (χ1v) is 9.89. The van der Waals surface area contributed by atoms with Crippen LogP contribution >= 0.6 is 11.3 Å². The Morgan fingerprint density at radius 3 is 2.79 bits per heavy atom. The number of nitriles is 1. The van der Waals surface area contributed by atoms with Crippen LogP contribution in [0.15, 0.2) is 6.20 Å². The second kappa shape index (κ2) is 9.03. The number of hydrogen-bond acceptors (Lipinski definition) is 8. The monoisotopic (exact) mass is 405 g/mol. The van der Waals surface area contributed by atoms with E-state index in [4.69, 9.17) is 25.6 Å². The highest BCUT2D eigenvalue weighted by Gasteiger charge is 2.25. The van der Waals surface area contributed by atoms with Crippen LogP contribution in [0.25, 0.3) is 10.2 Å². The summed E-state index contributed by atoms with van der Waals surface area (Å²) in [6, 6.07) is 2.04. The standard InChI is InChI=1S/C12H15N3O2S.C6H8N2O2/c1-16-11-9-10(18-12(13)15-9)8(6-14-11)7-2-4-17-5-3-7;7-3-5-1-2-8(4-5)6(9)10/h6-7H,2-5H2,1H3,(H2,13,15);5H,1-2,4H2,(H,9,10)/t;5-/m.1/s1. The predicted molar refractivity (Wildman–Crippen MR) is 104 cm³/mol. The molecule has 2 aliphatic heterocycles. The van der Waals surface area contributed by atoms with Gasteiger partial charge in [-0.2, -0.15) is 5.26 Å². The Kier molecular flexibility index (Phi) is 6.49. The van der Waals surface area contributed by atoms with Crippen molar-refractivity contribution in [1.29, 1.82) is 5.26 Å². The first-order valence-electron chi connectivity index (χ1n) is 9.07. The normalized spacial score (nSPS) is 19.7. The average molecular weight is 405 g/mol. The number of anilines is 1. The van der Waals surface area contributed by atoms with E-state index in [-0.39, 0.29) is 5.92 Å². The van der Waals surface area contributed by atoms with Crippen molar-refractivity contribution in [2.75, 3.05) is 39.1 Å². The molecule has 1 amide bonds. The van der Waals surface area contributed by atoms with E-state index in [9.17, 15) is 4.79 Å². The van der Waals surface area contributed by atoms with Crippen molar-refractivity contribution in [2.45, 2.75) is 25.2 Å². The molecule has 150 valence electrons. The summed E-state index contributed by atoms with van der Waals surface area (Å²) in [5.41, 5.74) is 7.82. The molecule has 0 radical (unpaired) electrons. The van der Waals surface area contributed by atoms with Gasteiger partial charge in [0.25, 0.3) is 0 Å². The van der Waals surface area contributed by atoms with Crippen LogP contribution in [0.5, 0.6) is 5.88 Å². The molecule has 4 rings (SSSR count). The molecule has 9 nitrogen and oxygen atoms in total. The molecule has 0 bridgehead atoms. The number of carbonyl (C=O) groups is 1. The summed E-state index contributed by atoms with van der Waals surface area (Å²) < 4.78 is 11.7. The molecular weight excluding hydrogens is 382 g/mol. The van der Waals surface area contributed by atoms with Gasteiger partial charge in [-0.25, -0.2) is 14.8 Å². The maximum Gasteiger partial charge on any atom is 0.407 e. The van der Waals surface area contributed by atoms with Gasteiger partial charge in [-0.05, 0) is 30.7 Å². The molecule has 28 heavy (non-hydrogen) atoms. The Balaban J connectivity index is 0.000000192. The minimum atomic E-state index is -0.919. The van der Waals surface area contributed by atoms with Crippen molar-refractivity contribution >= 4 is 32.8 Å². The molecule has 0 aromatic carbocycles. The summed E-state index contributed by atoms with van der Waals surface area (Å²) >= 11 is 1.51. The first kappa shape index (κ1) is 20.1. The maximum atomic E-state index is 10.3. The zero-order valence-corrected chi connectivity index (χ0v) is 16.4. The molecule has 2 aliphatic rings. The number of amides is 1. The lowest BCUT2D eigenvalue weighted by Crippen LogP contribution is -2.26. The van der Waals surface area contributed by atoms with Crippen LogP contribution < -0.4 is 10.5 Å². The highest BCUT2D eigenvalue weighted by Crippen LogP contribution is 2.38. The number of aromatic nitrogens is 2. The van der Waals surface area contributed by atoms with Crippen molar-refractivity contribution in [3.05, 3.63) is 11.8 Å². The van der Waals surface area contributed by atoms with Gasteiger partial charge in [-0.3, -0.25) is 0 Å². The summed E-state index contributed by atoms with van der Waals surface area (Å²) in [5.74, 6) is 0.948. The smallest absolute Gasteiger partial charge is 0.407 e. The van der Waals surface area contributed by atoms with Crippen LogP contribution in [0.4, 0.5) is 9.93 Å². The lowest BCUT2D eigenvalue weighted by Gasteiger charge is -2.22. The predicted octanol–water partition coefficient (Wildman–Crippen LogP) is 2.69. The molecule has 2 aromatic heterocycles. The van der Waals surface area contributed by atoms with E-state index in [1.54, 1.807) is 7.11 Å². The Hall–Kier alpha value is -2.64. The zero-order chi connectivity index (χ0) is 20.1. The average Bonchev–Trinajstić information content (AvgIpc) is 3.34. The van der Waals surface area contributed by atoms with Crippen LogP contribution in [0.3, 0.4) is 0 Å². The number of nitrogens with two attached hydrogens (primary N) is 1. The molecule has 0 aliphatic carbocycles. The molecular formula is C18H23N5O4S. The molecule has 4 heterocycles. The van der Waals surface area contributed by atoms with E-state index in [1.807, 2.05) is 12.3 Å². The summed E-state index contributed by atoms with van der Waals surface area (Å²) in [6.07, 6.45) is 3.72. The number of rotatable bonds is 2. The van der Waals surface area contributed by atoms with Crippen LogP contribution in [-0.2, 0) is 4.74 Å². The van der Waals surface area contributed by atoms with Gasteiger partial charge in [0.1, 0.15) is 5.52 Å². The van der Waals surface area contributed by atoms with E-state index < -0.39 is 6.09 Å². The van der Waals surface area contributed by atoms with Gasteiger partial charge in [0, 0.05) is 32.5 Å². The maximum absolute atomic E-state index is 10.3. The van der Waals surface area contributed by atoms with Crippen LogP contribution in [-0.4, -0.2) is 59.5 Å². The van der Waals surface area contributed by atoms with E-state index in [1.165, 1.54) is 21.8 Å². The van der Waals surface area contributed by atoms with Gasteiger partial charge in [0.05, 0.1) is 23.8 Å². The third kappa shape index (κ3) is 4.43. The fourth-order valence-corrected chi connectivity index (χ4v) is 4.33. The van der Waals surface area contributed by atoms with Gasteiger partial charge in [-0.1, -0.05) is 11.3 Å². The molecule has 2 aromatic rings. The third-order valence-electron chi connectivity index (χ3n) is 4.93. The number of methoxy groups -OCH3 is 1. The van der Waals surface area contributed by atoms with Gasteiger partial charge in [0.15, 0.2) is 5.13 Å². The number of likely N-dealkylation sites (tertiary alicyclic amines) is 1. The number of thiazole rings is 1. The molecule has 10 heteroatoms. The molecule has 2 fully saturated rings. The number of carboxylic acid groups (broad SMARTS) is 1. The SMILES string of the molecule is COc1ncc(C2CCOCC2)c2sc(N)nc12.N#C[C@H]1CCN(C(=O)O)C1. The number of nitrogens with zero attached hydrogens (tertiary/aromatic N) is 4. The zero-order valence-electron chi connectivity index (χ0n) is 15.6. The topological polar surface area (TPSA) is 135 Å². The number of fused-ring (bicyclic) bond motifs is 1. The summed E-state index contributed by atoms with van der Waals surface area (Å²) in [7, 11) is 1.60. The van der Waals surface area contributed by atoms with Gasteiger partial charge >= 0.3 is 6.09 Å². The number of ether oxygens (including phenoxy) is 2. The minimum absolute atomic E-state index is 0.0869. The van der Waals surface area contributed by atoms with Crippen LogP contribution in [0, 0.1) is 17.2 Å². The molecule has 0 saturated carbocycles. The van der Waals surface area contributed by atoms with Crippen LogP contribution in [0.2, 0.25) is 0 Å². The van der Waals surface area contributed by atoms with Crippen molar-refractivity contribution < 1.29 is 19.4 Å². The fourth-order valence-electron chi connectivity index (χ4n) is 3.41. The van der Waals surface area contributed by atoms with Gasteiger partial charge in [0.2, 0.25) is 5.88 Å². The highest BCUT2D eigenvalue weighted by atomic mass is 32.1. The lowest BCUT2D eigenvalue weighted by molar-refractivity contribution is 0.0855. The Labute approximate surface area is 166 Å². The fraction of sp³-hybridized carbons (Fsp3) is 0.556. The Morgan fingerprint density at radius 1 is 1.46 bits per heavy atom. The number of pyridine rings is 1.